The maximum atomic E-state index is 13.5. The molecular formula is C22H18BrFN4OS. The molecule has 2 aromatic carbocycles. The highest BCUT2D eigenvalue weighted by Gasteiger charge is 2.36. The number of carbonyl (C=O) groups is 1. The van der Waals surface area contributed by atoms with Crippen LogP contribution in [0.5, 0.6) is 0 Å². The molecule has 1 aliphatic carbocycles. The summed E-state index contributed by atoms with van der Waals surface area (Å²) in [4.78, 5) is 17.5. The number of hydrogen-bond acceptors (Lipinski definition) is 5. The third kappa shape index (κ3) is 3.70. The van der Waals surface area contributed by atoms with Gasteiger partial charge in [-0.25, -0.2) is 9.07 Å². The summed E-state index contributed by atoms with van der Waals surface area (Å²) in [7, 11) is 0. The van der Waals surface area contributed by atoms with Gasteiger partial charge in [0, 0.05) is 27.9 Å². The zero-order valence-corrected chi connectivity index (χ0v) is 18.3. The predicted octanol–water partition coefficient (Wildman–Crippen LogP) is 5.49. The summed E-state index contributed by atoms with van der Waals surface area (Å²) in [5.74, 6) is 1.11. The molecule has 3 aromatic rings. The van der Waals surface area contributed by atoms with E-state index in [-0.39, 0.29) is 17.6 Å². The molecule has 5 nitrogen and oxygen atoms in total. The Balaban J connectivity index is 1.50. The molecule has 1 N–H and O–H groups in total. The van der Waals surface area contributed by atoms with Crippen LogP contribution in [0.3, 0.4) is 0 Å². The van der Waals surface area contributed by atoms with E-state index in [1.54, 1.807) is 10.7 Å². The van der Waals surface area contributed by atoms with Gasteiger partial charge in [0.1, 0.15) is 11.9 Å². The van der Waals surface area contributed by atoms with E-state index in [1.807, 2.05) is 30.3 Å². The van der Waals surface area contributed by atoms with Gasteiger partial charge in [-0.2, -0.15) is 4.98 Å². The summed E-state index contributed by atoms with van der Waals surface area (Å²) in [5.41, 5.74) is 3.59. The van der Waals surface area contributed by atoms with Crippen molar-refractivity contribution in [2.75, 3.05) is 5.32 Å². The monoisotopic (exact) mass is 484 g/mol. The average molecular weight is 485 g/mol. The number of anilines is 1. The molecule has 0 saturated carbocycles. The molecule has 0 bridgehead atoms. The van der Waals surface area contributed by atoms with E-state index in [0.29, 0.717) is 23.3 Å². The SMILES string of the molecule is O=C1CCCC2=C1C(c1ccc(Br)cc1)n1nc(SCc3cccc(F)c3)nc1N2. The van der Waals surface area contributed by atoms with E-state index in [0.717, 1.165) is 39.7 Å². The Morgan fingerprint density at radius 3 is 2.83 bits per heavy atom. The van der Waals surface area contributed by atoms with Gasteiger partial charge < -0.3 is 5.32 Å². The van der Waals surface area contributed by atoms with Crippen LogP contribution in [0, 0.1) is 5.82 Å². The standard InChI is InChI=1S/C22H18BrFN4OS/c23-15-9-7-14(8-10-15)20-19-17(5-2-6-18(19)29)25-21-26-22(27-28(20)21)30-12-13-3-1-4-16(24)11-13/h1,3-4,7-11,20H,2,5-6,12H2,(H,25,26,27). The zero-order chi connectivity index (χ0) is 20.7. The highest BCUT2D eigenvalue weighted by molar-refractivity contribution is 9.10. The van der Waals surface area contributed by atoms with Gasteiger partial charge >= 0.3 is 0 Å². The maximum absolute atomic E-state index is 13.5. The lowest BCUT2D eigenvalue weighted by Gasteiger charge is -2.32. The number of nitrogens with one attached hydrogen (secondary N) is 1. The van der Waals surface area contributed by atoms with Crippen molar-refractivity contribution in [3.05, 3.63) is 81.2 Å². The number of thioether (sulfide) groups is 1. The summed E-state index contributed by atoms with van der Waals surface area (Å²) < 4.78 is 16.2. The zero-order valence-electron chi connectivity index (χ0n) is 15.9. The van der Waals surface area contributed by atoms with Gasteiger partial charge in [0.2, 0.25) is 11.1 Å². The number of carbonyl (C=O) groups excluding carboxylic acids is 1. The molecule has 0 saturated heterocycles. The Bertz CT molecular complexity index is 1160. The van der Waals surface area contributed by atoms with Crippen LogP contribution in [0.2, 0.25) is 0 Å². The van der Waals surface area contributed by atoms with Crippen molar-refractivity contribution >= 4 is 39.4 Å². The first kappa shape index (κ1) is 19.5. The van der Waals surface area contributed by atoms with E-state index in [2.05, 4.69) is 26.2 Å². The number of benzene rings is 2. The molecule has 152 valence electrons. The molecule has 8 heteroatoms. The molecule has 0 spiro atoms. The minimum atomic E-state index is -0.298. The van der Waals surface area contributed by atoms with Crippen LogP contribution in [0.4, 0.5) is 10.3 Å². The molecule has 1 aromatic heterocycles. The number of allylic oxidation sites excluding steroid dienone is 2. The fraction of sp³-hybridized carbons (Fsp3) is 0.227. The fourth-order valence-corrected chi connectivity index (χ4v) is 4.96. The minimum Gasteiger partial charge on any atom is -0.328 e. The van der Waals surface area contributed by atoms with Crippen LogP contribution in [0.25, 0.3) is 0 Å². The molecule has 30 heavy (non-hydrogen) atoms. The summed E-state index contributed by atoms with van der Waals surface area (Å²) in [5, 5.41) is 8.64. The molecule has 0 fully saturated rings. The van der Waals surface area contributed by atoms with Gasteiger partial charge in [0.15, 0.2) is 5.78 Å². The van der Waals surface area contributed by atoms with Crippen LogP contribution in [0.15, 0.2) is 69.4 Å². The van der Waals surface area contributed by atoms with Crippen LogP contribution < -0.4 is 5.32 Å². The molecule has 2 heterocycles. The molecule has 1 aliphatic heterocycles. The smallest absolute Gasteiger partial charge is 0.227 e. The topological polar surface area (TPSA) is 59.8 Å². The first-order valence-corrected chi connectivity index (χ1v) is 11.5. The minimum absolute atomic E-state index is 0.159. The predicted molar refractivity (Wildman–Crippen MR) is 118 cm³/mol. The number of fused-ring (bicyclic) bond motifs is 1. The summed E-state index contributed by atoms with van der Waals surface area (Å²) in [6, 6.07) is 14.2. The van der Waals surface area contributed by atoms with E-state index < -0.39 is 0 Å². The molecular weight excluding hydrogens is 467 g/mol. The van der Waals surface area contributed by atoms with Gasteiger partial charge in [-0.1, -0.05) is 52.0 Å². The van der Waals surface area contributed by atoms with Crippen molar-refractivity contribution in [1.82, 2.24) is 14.8 Å². The van der Waals surface area contributed by atoms with E-state index >= 15 is 0 Å². The number of hydrogen-bond donors (Lipinski definition) is 1. The first-order valence-electron chi connectivity index (χ1n) is 9.71. The second-order valence-electron chi connectivity index (χ2n) is 7.33. The second-order valence-corrected chi connectivity index (χ2v) is 9.19. The Morgan fingerprint density at radius 2 is 2.03 bits per heavy atom. The first-order chi connectivity index (χ1) is 14.6. The van der Waals surface area contributed by atoms with E-state index in [1.165, 1.54) is 23.9 Å². The van der Waals surface area contributed by atoms with Crippen molar-refractivity contribution in [3.63, 3.8) is 0 Å². The molecule has 5 rings (SSSR count). The highest BCUT2D eigenvalue weighted by Crippen LogP contribution is 2.40. The lowest BCUT2D eigenvalue weighted by molar-refractivity contribution is -0.116. The summed E-state index contributed by atoms with van der Waals surface area (Å²) >= 11 is 4.93. The Kier molecular flexibility index (Phi) is 5.20. The van der Waals surface area contributed by atoms with Gasteiger partial charge in [-0.15, -0.1) is 5.10 Å². The number of aromatic nitrogens is 3. The van der Waals surface area contributed by atoms with Gasteiger partial charge in [0.05, 0.1) is 0 Å². The van der Waals surface area contributed by atoms with Gasteiger partial charge in [-0.05, 0) is 48.2 Å². The second kappa shape index (κ2) is 8.00. The van der Waals surface area contributed by atoms with Gasteiger partial charge in [0.25, 0.3) is 0 Å². The van der Waals surface area contributed by atoms with Crippen molar-refractivity contribution in [1.29, 1.82) is 0 Å². The quantitative estimate of drug-likeness (QED) is 0.495. The van der Waals surface area contributed by atoms with Crippen LogP contribution in [-0.2, 0) is 10.5 Å². The normalized spacial score (nSPS) is 18.1. The Hall–Kier alpha value is -2.45. The number of ketones is 1. The largest absolute Gasteiger partial charge is 0.328 e. The number of halogens is 2. The fourth-order valence-electron chi connectivity index (χ4n) is 3.93. The summed E-state index contributed by atoms with van der Waals surface area (Å²) in [6.45, 7) is 0. The highest BCUT2D eigenvalue weighted by atomic mass is 79.9. The molecule has 2 aliphatic rings. The Labute approximate surface area is 185 Å². The van der Waals surface area contributed by atoms with Crippen molar-refractivity contribution in [3.8, 4) is 0 Å². The van der Waals surface area contributed by atoms with E-state index in [9.17, 15) is 9.18 Å². The summed E-state index contributed by atoms with van der Waals surface area (Å²) in [6.07, 6.45) is 2.22. The Morgan fingerprint density at radius 1 is 1.20 bits per heavy atom. The third-order valence-corrected chi connectivity index (χ3v) is 6.73. The molecule has 1 atom stereocenters. The third-order valence-electron chi connectivity index (χ3n) is 5.29. The van der Waals surface area contributed by atoms with Crippen molar-refractivity contribution < 1.29 is 9.18 Å². The van der Waals surface area contributed by atoms with Gasteiger partial charge in [-0.3, -0.25) is 4.79 Å². The molecule has 0 radical (unpaired) electrons. The lowest BCUT2D eigenvalue weighted by atomic mass is 9.85. The number of rotatable bonds is 4. The van der Waals surface area contributed by atoms with Crippen molar-refractivity contribution in [2.45, 2.75) is 36.2 Å². The molecule has 1 unspecified atom stereocenters. The van der Waals surface area contributed by atoms with Crippen LogP contribution >= 0.6 is 27.7 Å². The van der Waals surface area contributed by atoms with Crippen LogP contribution in [-0.4, -0.2) is 20.5 Å². The maximum Gasteiger partial charge on any atom is 0.227 e. The number of Topliss-reactive ketones (excluding diaryl/α,β-unsaturated/α-hetero) is 1. The number of nitrogens with zero attached hydrogens (tertiary/aromatic N) is 3. The average Bonchev–Trinajstić information content (AvgIpc) is 3.14. The van der Waals surface area contributed by atoms with Crippen LogP contribution in [0.1, 0.15) is 36.4 Å². The van der Waals surface area contributed by atoms with Crippen molar-refractivity contribution in [2.24, 2.45) is 0 Å². The van der Waals surface area contributed by atoms with E-state index in [4.69, 9.17) is 5.10 Å². The lowest BCUT2D eigenvalue weighted by Crippen LogP contribution is -2.31. The molecule has 0 amide bonds.